The van der Waals surface area contributed by atoms with E-state index in [9.17, 15) is 9.59 Å². The number of hydrogen-bond acceptors (Lipinski definition) is 3. The van der Waals surface area contributed by atoms with Gasteiger partial charge in [-0.1, -0.05) is 12.2 Å². The largest absolute Gasteiger partial charge is 0.481 e. The van der Waals surface area contributed by atoms with E-state index in [2.05, 4.69) is 0 Å². The van der Waals surface area contributed by atoms with E-state index in [-0.39, 0.29) is 17.8 Å². The molecular formula is C10H10O4. The minimum absolute atomic E-state index is 0.0906. The topological polar surface area (TPSA) is 63.6 Å². The Morgan fingerprint density at radius 2 is 2.50 bits per heavy atom. The Bertz CT molecular complexity index is 372. The fourth-order valence-electron chi connectivity index (χ4n) is 3.12. The normalized spacial score (nSPS) is 47.1. The lowest BCUT2D eigenvalue weighted by Crippen LogP contribution is -2.62. The summed E-state index contributed by atoms with van der Waals surface area (Å²) in [5.74, 6) is -0.865. The van der Waals surface area contributed by atoms with Gasteiger partial charge in [-0.25, -0.2) is 0 Å². The second kappa shape index (κ2) is 2.02. The van der Waals surface area contributed by atoms with E-state index in [0.717, 1.165) is 0 Å². The first-order valence-electron chi connectivity index (χ1n) is 4.69. The molecule has 4 heteroatoms. The van der Waals surface area contributed by atoms with Crippen LogP contribution in [0.1, 0.15) is 12.8 Å². The van der Waals surface area contributed by atoms with Gasteiger partial charge in [0.1, 0.15) is 6.61 Å². The van der Waals surface area contributed by atoms with Crippen LogP contribution in [0, 0.1) is 16.7 Å². The highest BCUT2D eigenvalue weighted by Crippen LogP contribution is 2.71. The maximum atomic E-state index is 11.6. The van der Waals surface area contributed by atoms with Crippen LogP contribution in [0.2, 0.25) is 0 Å². The lowest BCUT2D eigenvalue weighted by atomic mass is 9.39. The Morgan fingerprint density at radius 3 is 3.00 bits per heavy atom. The standard InChI is InChI=1S/C10H10O4/c11-7(12)4-10-3-6-1-2-9(6,10)5-14-8(10)13/h1-2,6H,3-5H2,(H,11,12)/t6?,9-,10+/m0/s1. The summed E-state index contributed by atoms with van der Waals surface area (Å²) in [5.41, 5.74) is -0.999. The third-order valence-electron chi connectivity index (χ3n) is 4.03. The number of carboxylic acid groups (broad SMARTS) is 1. The van der Waals surface area contributed by atoms with Crippen LogP contribution in [-0.4, -0.2) is 23.7 Å². The first kappa shape index (κ1) is 8.03. The van der Waals surface area contributed by atoms with Crippen molar-refractivity contribution in [1.29, 1.82) is 0 Å². The van der Waals surface area contributed by atoms with Gasteiger partial charge in [0.25, 0.3) is 0 Å². The Kier molecular flexibility index (Phi) is 1.16. The Labute approximate surface area is 80.5 Å². The Hall–Kier alpha value is -1.32. The number of carbonyl (C=O) groups excluding carboxylic acids is 1. The number of esters is 1. The molecule has 0 aromatic rings. The maximum Gasteiger partial charge on any atom is 0.313 e. The van der Waals surface area contributed by atoms with E-state index in [1.165, 1.54) is 0 Å². The molecule has 0 aromatic heterocycles. The predicted molar refractivity (Wildman–Crippen MR) is 45.3 cm³/mol. The Morgan fingerprint density at radius 1 is 1.71 bits per heavy atom. The van der Waals surface area contributed by atoms with E-state index in [4.69, 9.17) is 9.84 Å². The highest BCUT2D eigenvalue weighted by Gasteiger charge is 2.75. The summed E-state index contributed by atoms with van der Waals surface area (Å²) in [4.78, 5) is 22.3. The number of cyclic esters (lactones) is 1. The van der Waals surface area contributed by atoms with Gasteiger partial charge in [-0.15, -0.1) is 0 Å². The van der Waals surface area contributed by atoms with E-state index in [1.807, 2.05) is 12.2 Å². The number of rotatable bonds is 2. The zero-order chi connectivity index (χ0) is 9.97. The number of carbonyl (C=O) groups is 2. The molecule has 0 radical (unpaired) electrons. The number of allylic oxidation sites excluding steroid dienone is 1. The first-order valence-corrected chi connectivity index (χ1v) is 4.69. The highest BCUT2D eigenvalue weighted by atomic mass is 16.5. The zero-order valence-electron chi connectivity index (χ0n) is 7.53. The van der Waals surface area contributed by atoms with Crippen LogP contribution < -0.4 is 0 Å². The minimum Gasteiger partial charge on any atom is -0.481 e. The molecule has 3 atom stereocenters. The first-order chi connectivity index (χ1) is 6.61. The van der Waals surface area contributed by atoms with Crippen LogP contribution in [0.3, 0.4) is 0 Å². The van der Waals surface area contributed by atoms with Crippen molar-refractivity contribution >= 4 is 11.9 Å². The molecule has 0 aromatic carbocycles. The molecule has 1 N–H and O–H groups in total. The molecule has 0 amide bonds. The Balaban J connectivity index is 2.00. The lowest BCUT2D eigenvalue weighted by molar-refractivity contribution is -0.165. The van der Waals surface area contributed by atoms with E-state index < -0.39 is 11.4 Å². The van der Waals surface area contributed by atoms with Gasteiger partial charge in [-0.05, 0) is 12.3 Å². The lowest BCUT2D eigenvalue weighted by Gasteiger charge is -2.59. The van der Waals surface area contributed by atoms with Gasteiger partial charge in [0.15, 0.2) is 0 Å². The van der Waals surface area contributed by atoms with Crippen molar-refractivity contribution in [3.05, 3.63) is 12.2 Å². The van der Waals surface area contributed by atoms with Gasteiger partial charge in [0, 0.05) is 5.41 Å². The van der Waals surface area contributed by atoms with E-state index in [0.29, 0.717) is 18.9 Å². The molecule has 3 aliphatic rings. The number of hydrogen-bond donors (Lipinski definition) is 1. The molecular weight excluding hydrogens is 184 g/mol. The predicted octanol–water partition coefficient (Wildman–Crippen LogP) is 0.580. The molecule has 14 heavy (non-hydrogen) atoms. The third-order valence-corrected chi connectivity index (χ3v) is 4.03. The van der Waals surface area contributed by atoms with Crippen LogP contribution in [0.15, 0.2) is 12.2 Å². The van der Waals surface area contributed by atoms with Gasteiger partial charge >= 0.3 is 11.9 Å². The molecule has 1 heterocycles. The van der Waals surface area contributed by atoms with Crippen LogP contribution in [-0.2, 0) is 14.3 Å². The van der Waals surface area contributed by atoms with Gasteiger partial charge in [0.2, 0.25) is 0 Å². The maximum absolute atomic E-state index is 11.6. The molecule has 3 rings (SSSR count). The SMILES string of the molecule is O=C(O)C[C@@]12CC3C=C[C@]31COC2=O. The van der Waals surface area contributed by atoms with Crippen molar-refractivity contribution in [3.63, 3.8) is 0 Å². The van der Waals surface area contributed by atoms with Gasteiger partial charge < -0.3 is 9.84 Å². The van der Waals surface area contributed by atoms with Gasteiger partial charge in [-0.2, -0.15) is 0 Å². The molecule has 0 bridgehead atoms. The molecule has 1 spiro atoms. The molecule has 2 aliphatic carbocycles. The second-order valence-corrected chi connectivity index (χ2v) is 4.44. The summed E-state index contributed by atoms with van der Waals surface area (Å²) in [7, 11) is 0. The van der Waals surface area contributed by atoms with Crippen molar-refractivity contribution < 1.29 is 19.4 Å². The molecule has 1 aliphatic heterocycles. The summed E-state index contributed by atoms with van der Waals surface area (Å²) in [6.07, 6.45) is 4.55. The van der Waals surface area contributed by atoms with E-state index >= 15 is 0 Å². The summed E-state index contributed by atoms with van der Waals surface area (Å²) in [6.45, 7) is 0.375. The molecule has 2 fully saturated rings. The zero-order valence-corrected chi connectivity index (χ0v) is 7.53. The molecule has 1 saturated carbocycles. The van der Waals surface area contributed by atoms with Crippen molar-refractivity contribution in [2.24, 2.45) is 16.7 Å². The number of carboxylic acids is 1. The summed E-state index contributed by atoms with van der Waals surface area (Å²) in [6, 6.07) is 0. The van der Waals surface area contributed by atoms with Crippen LogP contribution in [0.4, 0.5) is 0 Å². The monoisotopic (exact) mass is 194 g/mol. The van der Waals surface area contributed by atoms with Crippen molar-refractivity contribution in [3.8, 4) is 0 Å². The number of ether oxygens (including phenoxy) is 1. The van der Waals surface area contributed by atoms with Gasteiger partial charge in [0.05, 0.1) is 11.8 Å². The van der Waals surface area contributed by atoms with Crippen LogP contribution in [0.5, 0.6) is 0 Å². The highest BCUT2D eigenvalue weighted by molar-refractivity contribution is 5.88. The fourth-order valence-corrected chi connectivity index (χ4v) is 3.12. The average molecular weight is 194 g/mol. The van der Waals surface area contributed by atoms with Crippen LogP contribution in [0.25, 0.3) is 0 Å². The average Bonchev–Trinajstić information content (AvgIpc) is 2.35. The quantitative estimate of drug-likeness (QED) is 0.516. The second-order valence-electron chi connectivity index (χ2n) is 4.44. The minimum atomic E-state index is -0.915. The number of aliphatic carboxylic acids is 1. The summed E-state index contributed by atoms with van der Waals surface area (Å²) in [5, 5.41) is 8.80. The summed E-state index contributed by atoms with van der Waals surface area (Å²) < 4.78 is 5.02. The van der Waals surface area contributed by atoms with Gasteiger partial charge in [-0.3, -0.25) is 9.59 Å². The third kappa shape index (κ3) is 0.576. The molecule has 74 valence electrons. The van der Waals surface area contributed by atoms with Crippen molar-refractivity contribution in [2.75, 3.05) is 6.61 Å². The summed E-state index contributed by atoms with van der Waals surface area (Å²) >= 11 is 0. The molecule has 1 saturated heterocycles. The fraction of sp³-hybridized carbons (Fsp3) is 0.600. The smallest absolute Gasteiger partial charge is 0.313 e. The molecule has 4 nitrogen and oxygen atoms in total. The van der Waals surface area contributed by atoms with Crippen LogP contribution >= 0.6 is 0 Å². The van der Waals surface area contributed by atoms with Crippen molar-refractivity contribution in [2.45, 2.75) is 12.8 Å². The van der Waals surface area contributed by atoms with E-state index in [1.54, 1.807) is 0 Å². The van der Waals surface area contributed by atoms with Crippen molar-refractivity contribution in [1.82, 2.24) is 0 Å². The molecule has 1 unspecified atom stereocenters.